The normalized spacial score (nSPS) is 18.7. The minimum atomic E-state index is -4.94. The predicted molar refractivity (Wildman–Crippen MR) is 113 cm³/mol. The Morgan fingerprint density at radius 1 is 0.853 bits per heavy atom. The first-order valence-corrected chi connectivity index (χ1v) is 10.2. The van der Waals surface area contributed by atoms with E-state index in [0.29, 0.717) is 17.1 Å². The molecule has 1 atom stereocenters. The molecule has 4 aromatic rings. The van der Waals surface area contributed by atoms with Crippen molar-refractivity contribution in [3.8, 4) is 0 Å². The molecule has 176 valence electrons. The number of nitrogens with one attached hydrogen (secondary N) is 2. The van der Waals surface area contributed by atoms with E-state index in [0.717, 1.165) is 22.4 Å². The molecule has 0 fully saturated rings. The van der Waals surface area contributed by atoms with Gasteiger partial charge in [0.15, 0.2) is 5.66 Å². The maximum atomic E-state index is 13.7. The van der Waals surface area contributed by atoms with Gasteiger partial charge in [0.1, 0.15) is 0 Å². The molecule has 0 bridgehead atoms. The molecule has 5 rings (SSSR count). The highest BCUT2D eigenvalue weighted by Gasteiger charge is 2.38. The van der Waals surface area contributed by atoms with Crippen LogP contribution in [-0.4, -0.2) is 4.57 Å². The molecule has 34 heavy (non-hydrogen) atoms. The van der Waals surface area contributed by atoms with Crippen LogP contribution < -0.4 is 11.0 Å². The van der Waals surface area contributed by atoms with E-state index in [9.17, 15) is 26.3 Å². The highest BCUT2D eigenvalue weighted by molar-refractivity contribution is 6.08. The Morgan fingerprint density at radius 2 is 1.59 bits per heavy atom. The third-order valence-corrected chi connectivity index (χ3v) is 6.00. The first-order valence-electron chi connectivity index (χ1n) is 10.2. The summed E-state index contributed by atoms with van der Waals surface area (Å²) in [5, 5.41) is 9.46. The molecule has 1 aliphatic rings. The van der Waals surface area contributed by atoms with Gasteiger partial charge in [0.05, 0.1) is 11.1 Å². The Kier molecular flexibility index (Phi) is 4.87. The third kappa shape index (κ3) is 3.65. The quantitative estimate of drug-likeness (QED) is 0.330. The largest absolute Gasteiger partial charge is 0.416 e. The van der Waals surface area contributed by atoms with Crippen molar-refractivity contribution < 1.29 is 26.3 Å². The molecule has 2 heterocycles. The fourth-order valence-corrected chi connectivity index (χ4v) is 4.27. The molecule has 1 aromatic heterocycles. The average molecular weight is 477 g/mol. The predicted octanol–water partition coefficient (Wildman–Crippen LogP) is 6.53. The van der Waals surface area contributed by atoms with E-state index < -0.39 is 29.1 Å². The summed E-state index contributed by atoms with van der Waals surface area (Å²) in [5.41, 5.74) is 3.89. The second-order valence-corrected chi connectivity index (χ2v) is 8.21. The Bertz CT molecular complexity index is 1440. The van der Waals surface area contributed by atoms with E-state index in [4.69, 9.17) is 0 Å². The van der Waals surface area contributed by atoms with E-state index in [2.05, 4.69) is 21.3 Å². The van der Waals surface area contributed by atoms with Gasteiger partial charge < -0.3 is 4.57 Å². The summed E-state index contributed by atoms with van der Waals surface area (Å²) in [6.45, 7) is 1.56. The molecule has 11 heteroatoms. The Balaban J connectivity index is 1.68. The fraction of sp³-hybridized carbons (Fsp3) is 0.217. The molecule has 3 aromatic carbocycles. The number of alkyl halides is 6. The number of fused-ring (bicyclic) bond motifs is 3. The zero-order chi connectivity index (χ0) is 24.3. The summed E-state index contributed by atoms with van der Waals surface area (Å²) < 4.78 is 82.1. The molecular formula is C23H17F6N5. The molecule has 1 aliphatic heterocycles. The minimum absolute atomic E-state index is 0.173. The molecule has 0 spiro atoms. The summed E-state index contributed by atoms with van der Waals surface area (Å²) in [4.78, 5) is 0. The number of aromatic nitrogens is 1. The number of nitrogens with zero attached hydrogens (tertiary/aromatic N) is 3. The third-order valence-electron chi connectivity index (χ3n) is 6.00. The first-order chi connectivity index (χ1) is 16.0. The van der Waals surface area contributed by atoms with Crippen molar-refractivity contribution in [2.24, 2.45) is 10.3 Å². The lowest BCUT2D eigenvalue weighted by atomic mass is 10.0. The number of halogens is 6. The summed E-state index contributed by atoms with van der Waals surface area (Å²) in [7, 11) is 0. The van der Waals surface area contributed by atoms with Crippen LogP contribution >= 0.6 is 0 Å². The maximum absolute atomic E-state index is 13.7. The smallest absolute Gasteiger partial charge is 0.336 e. The van der Waals surface area contributed by atoms with E-state index >= 15 is 0 Å². The molecule has 2 N–H and O–H groups in total. The van der Waals surface area contributed by atoms with Gasteiger partial charge >= 0.3 is 12.4 Å². The molecule has 5 nitrogen and oxygen atoms in total. The van der Waals surface area contributed by atoms with Crippen LogP contribution in [0.1, 0.15) is 29.2 Å². The number of hydrogen-bond donors (Lipinski definition) is 2. The standard InChI is InChI=1S/C23H17F6N5/c1-21(30-32-33-31-21)14-8-9-20-17(10-14)16-4-2-3-5-19(16)34(20)12-13-6-7-15(22(24,25)26)11-18(13)23(27,28)29/h2-11H,12H2,1H3,(H,30,33)(H,31,32). The summed E-state index contributed by atoms with van der Waals surface area (Å²) in [5.74, 6) is 0. The van der Waals surface area contributed by atoms with Gasteiger partial charge in [-0.3, -0.25) is 0 Å². The first kappa shape index (κ1) is 22.2. The van der Waals surface area contributed by atoms with Gasteiger partial charge in [0.25, 0.3) is 0 Å². The van der Waals surface area contributed by atoms with E-state index in [1.807, 2.05) is 25.1 Å². The number of para-hydroxylation sites is 1. The van der Waals surface area contributed by atoms with E-state index in [-0.39, 0.29) is 18.2 Å². The number of rotatable bonds is 3. The van der Waals surface area contributed by atoms with Gasteiger partial charge in [-0.2, -0.15) is 31.8 Å². The van der Waals surface area contributed by atoms with Crippen LogP contribution in [0.15, 0.2) is 71.0 Å². The molecule has 0 amide bonds. The molecule has 0 saturated carbocycles. The number of hydrazine groups is 1. The monoisotopic (exact) mass is 477 g/mol. The van der Waals surface area contributed by atoms with Gasteiger partial charge in [0.2, 0.25) is 0 Å². The van der Waals surface area contributed by atoms with Crippen LogP contribution in [0.25, 0.3) is 21.8 Å². The lowest BCUT2D eigenvalue weighted by molar-refractivity contribution is -0.143. The molecule has 0 radical (unpaired) electrons. The van der Waals surface area contributed by atoms with Crippen molar-refractivity contribution in [1.29, 1.82) is 0 Å². The fourth-order valence-electron chi connectivity index (χ4n) is 4.27. The van der Waals surface area contributed by atoms with Crippen LogP contribution in [0.5, 0.6) is 0 Å². The summed E-state index contributed by atoms with van der Waals surface area (Å²) in [6.07, 6.45) is -9.82. The molecule has 1 unspecified atom stereocenters. The zero-order valence-corrected chi connectivity index (χ0v) is 17.6. The maximum Gasteiger partial charge on any atom is 0.416 e. The van der Waals surface area contributed by atoms with Gasteiger partial charge in [-0.05, 0) is 48.4 Å². The van der Waals surface area contributed by atoms with Crippen LogP contribution in [0, 0.1) is 0 Å². The average Bonchev–Trinajstić information content (AvgIpc) is 3.35. The molecule has 0 saturated heterocycles. The summed E-state index contributed by atoms with van der Waals surface area (Å²) in [6, 6.07) is 14.4. The Labute approximate surface area is 189 Å². The van der Waals surface area contributed by atoms with Crippen molar-refractivity contribution in [1.82, 2.24) is 15.5 Å². The van der Waals surface area contributed by atoms with Gasteiger partial charge in [0, 0.05) is 28.4 Å². The number of hydrogen-bond acceptors (Lipinski definition) is 4. The number of benzene rings is 3. The molecular weight excluding hydrogens is 460 g/mol. The van der Waals surface area contributed by atoms with Crippen molar-refractivity contribution in [2.45, 2.75) is 31.5 Å². The van der Waals surface area contributed by atoms with Gasteiger partial charge in [-0.25, -0.2) is 5.53 Å². The Hall–Kier alpha value is -3.60. The SMILES string of the molecule is CC1(c2ccc3c(c2)c2ccccc2n3Cc2ccc(C(F)(F)F)cc2C(F)(F)F)N=NNN1. The van der Waals surface area contributed by atoms with E-state index in [1.54, 1.807) is 28.8 Å². The Morgan fingerprint density at radius 3 is 2.26 bits per heavy atom. The van der Waals surface area contributed by atoms with Crippen LogP contribution in [0.3, 0.4) is 0 Å². The van der Waals surface area contributed by atoms with E-state index in [1.165, 1.54) is 0 Å². The minimum Gasteiger partial charge on any atom is -0.336 e. The van der Waals surface area contributed by atoms with Crippen molar-refractivity contribution in [2.75, 3.05) is 0 Å². The highest BCUT2D eigenvalue weighted by atomic mass is 19.4. The lowest BCUT2D eigenvalue weighted by Crippen LogP contribution is -2.38. The highest BCUT2D eigenvalue weighted by Crippen LogP contribution is 2.39. The van der Waals surface area contributed by atoms with Gasteiger partial charge in [-0.1, -0.05) is 35.6 Å². The van der Waals surface area contributed by atoms with Crippen LogP contribution in [-0.2, 0) is 24.6 Å². The van der Waals surface area contributed by atoms with Crippen molar-refractivity contribution in [3.63, 3.8) is 0 Å². The van der Waals surface area contributed by atoms with Crippen LogP contribution in [0.2, 0.25) is 0 Å². The van der Waals surface area contributed by atoms with Gasteiger partial charge in [-0.15, -0.1) is 5.11 Å². The lowest BCUT2D eigenvalue weighted by Gasteiger charge is -2.19. The zero-order valence-electron chi connectivity index (χ0n) is 17.6. The second-order valence-electron chi connectivity index (χ2n) is 8.21. The topological polar surface area (TPSA) is 53.7 Å². The van der Waals surface area contributed by atoms with Crippen molar-refractivity contribution >= 4 is 21.8 Å². The summed E-state index contributed by atoms with van der Waals surface area (Å²) >= 11 is 0. The van der Waals surface area contributed by atoms with Crippen LogP contribution in [0.4, 0.5) is 26.3 Å². The second kappa shape index (κ2) is 7.45. The van der Waals surface area contributed by atoms with Crippen molar-refractivity contribution in [3.05, 3.63) is 82.9 Å². The molecule has 0 aliphatic carbocycles.